The summed E-state index contributed by atoms with van der Waals surface area (Å²) >= 11 is -2.73. The standard InChI is InChI=1S/C8H17.C7H7O.O.Sn/c1-3-5-7-8-6-4-2;8-6-7-4-2-1-3-5-7;;/h1,3-8H2,2H3;1-5H,6H2;;/q;-1;;+1. The normalized spacial score (nSPS) is 10.5. The van der Waals surface area contributed by atoms with Crippen LogP contribution in [-0.4, -0.2) is 20.2 Å². The van der Waals surface area contributed by atoms with Crippen LogP contribution < -0.4 is 0 Å². The van der Waals surface area contributed by atoms with E-state index in [1.54, 1.807) is 0 Å². The molecule has 18 heavy (non-hydrogen) atoms. The Morgan fingerprint density at radius 1 is 1.00 bits per heavy atom. The predicted octanol–water partition coefficient (Wildman–Crippen LogP) is 4.48. The summed E-state index contributed by atoms with van der Waals surface area (Å²) in [6.07, 6.45) is 7.50. The van der Waals surface area contributed by atoms with Crippen LogP contribution in [0.3, 0.4) is 0 Å². The Kier molecular flexibility index (Phi) is 9.39. The predicted molar refractivity (Wildman–Crippen MR) is 75.9 cm³/mol. The van der Waals surface area contributed by atoms with Crippen molar-refractivity contribution in [2.75, 3.05) is 0 Å². The van der Waals surface area contributed by atoms with Crippen LogP contribution in [0.1, 0.15) is 51.0 Å². The second-order valence-corrected chi connectivity index (χ2v) is 9.04. The summed E-state index contributed by atoms with van der Waals surface area (Å²) < 4.78 is 18.1. The quantitative estimate of drug-likeness (QED) is 0.457. The van der Waals surface area contributed by atoms with E-state index in [0.29, 0.717) is 6.61 Å². The molecule has 0 heterocycles. The van der Waals surface area contributed by atoms with E-state index in [4.69, 9.17) is 3.07 Å². The Balaban J connectivity index is 2.01. The summed E-state index contributed by atoms with van der Waals surface area (Å²) in [5.41, 5.74) is 1.12. The second-order valence-electron chi connectivity index (χ2n) is 4.66. The fourth-order valence-corrected chi connectivity index (χ4v) is 4.74. The monoisotopic (exact) mass is 356 g/mol. The van der Waals surface area contributed by atoms with E-state index in [0.717, 1.165) is 16.4 Å². The molecule has 0 bridgehead atoms. The van der Waals surface area contributed by atoms with Gasteiger partial charge in [-0.25, -0.2) is 0 Å². The van der Waals surface area contributed by atoms with E-state index >= 15 is 0 Å². The van der Waals surface area contributed by atoms with E-state index in [-0.39, 0.29) is 0 Å². The Hall–Kier alpha value is -0.221. The number of hydrogen-bond donors (Lipinski definition) is 0. The summed E-state index contributed by atoms with van der Waals surface area (Å²) in [4.78, 5) is 0. The molecule has 100 valence electrons. The van der Waals surface area contributed by atoms with Crippen molar-refractivity contribution in [1.82, 2.24) is 0 Å². The molecule has 1 aromatic rings. The molecule has 0 aliphatic carbocycles. The summed E-state index contributed by atoms with van der Waals surface area (Å²) in [7, 11) is 0. The summed E-state index contributed by atoms with van der Waals surface area (Å²) in [6.45, 7) is 2.75. The van der Waals surface area contributed by atoms with Gasteiger partial charge in [0, 0.05) is 0 Å². The van der Waals surface area contributed by atoms with Crippen molar-refractivity contribution in [3.8, 4) is 0 Å². The Bertz CT molecular complexity index is 325. The average Bonchev–Trinajstić information content (AvgIpc) is 2.41. The van der Waals surface area contributed by atoms with Crippen molar-refractivity contribution in [1.29, 1.82) is 0 Å². The van der Waals surface area contributed by atoms with Crippen molar-refractivity contribution in [3.05, 3.63) is 35.9 Å². The minimum absolute atomic E-state index is 0.523. The minimum atomic E-state index is -2.73. The van der Waals surface area contributed by atoms with Gasteiger partial charge in [0.1, 0.15) is 0 Å². The fourth-order valence-electron chi connectivity index (χ4n) is 1.86. The van der Waals surface area contributed by atoms with Gasteiger partial charge in [-0.05, 0) is 0 Å². The van der Waals surface area contributed by atoms with Gasteiger partial charge < -0.3 is 0 Å². The van der Waals surface area contributed by atoms with Gasteiger partial charge in [0.05, 0.1) is 0 Å². The van der Waals surface area contributed by atoms with Gasteiger partial charge in [-0.1, -0.05) is 0 Å². The molecule has 0 unspecified atom stereocenters. The second kappa shape index (κ2) is 10.7. The number of hydrogen-bond acceptors (Lipinski definition) is 2. The first-order valence-corrected chi connectivity index (χ1v) is 11.4. The van der Waals surface area contributed by atoms with Crippen LogP contribution in [0.5, 0.6) is 0 Å². The molecule has 0 N–H and O–H groups in total. The maximum absolute atomic E-state index is 11.8. The third-order valence-corrected chi connectivity index (χ3v) is 6.48. The summed E-state index contributed by atoms with van der Waals surface area (Å²) in [5, 5.41) is 0. The third-order valence-electron chi connectivity index (χ3n) is 2.98. The first kappa shape index (κ1) is 15.8. The molecular weight excluding hydrogens is 331 g/mol. The van der Waals surface area contributed by atoms with Crippen molar-refractivity contribution in [2.45, 2.75) is 56.5 Å². The molecule has 0 fully saturated rings. The Labute approximate surface area is 118 Å². The van der Waals surface area contributed by atoms with E-state index in [2.05, 4.69) is 6.92 Å². The molecule has 0 aliphatic rings. The van der Waals surface area contributed by atoms with Gasteiger partial charge >= 0.3 is 119 Å². The van der Waals surface area contributed by atoms with Gasteiger partial charge in [0.25, 0.3) is 0 Å². The first-order valence-electron chi connectivity index (χ1n) is 7.02. The molecule has 1 aromatic carbocycles. The van der Waals surface area contributed by atoms with Crippen molar-refractivity contribution in [3.63, 3.8) is 0 Å². The van der Waals surface area contributed by atoms with Crippen LogP contribution in [0.4, 0.5) is 0 Å². The van der Waals surface area contributed by atoms with Crippen LogP contribution in [-0.2, 0) is 12.8 Å². The zero-order valence-electron chi connectivity index (χ0n) is 11.4. The van der Waals surface area contributed by atoms with Crippen LogP contribution in [0, 0.1) is 0 Å². The number of benzene rings is 1. The van der Waals surface area contributed by atoms with Gasteiger partial charge in [-0.3, -0.25) is 0 Å². The molecule has 0 radical (unpaired) electrons. The maximum atomic E-state index is 11.8. The fraction of sp³-hybridized carbons (Fsp3) is 0.600. The molecule has 0 amide bonds. The molecule has 0 atom stereocenters. The number of unbranched alkanes of at least 4 members (excludes halogenated alkanes) is 5. The molecule has 0 saturated carbocycles. The zero-order chi connectivity index (χ0) is 13.1. The molecular formula is C15H24O2Sn. The molecule has 0 aliphatic heterocycles. The molecule has 3 heteroatoms. The molecule has 0 spiro atoms. The van der Waals surface area contributed by atoms with Crippen LogP contribution in [0.25, 0.3) is 0 Å². The van der Waals surface area contributed by atoms with Crippen LogP contribution >= 0.6 is 0 Å². The van der Waals surface area contributed by atoms with E-state index in [9.17, 15) is 3.08 Å². The Morgan fingerprint density at radius 3 is 2.39 bits per heavy atom. The summed E-state index contributed by atoms with van der Waals surface area (Å²) in [6, 6.07) is 9.99. The zero-order valence-corrected chi connectivity index (χ0v) is 14.2. The molecule has 0 aromatic heterocycles. The van der Waals surface area contributed by atoms with Crippen molar-refractivity contribution >= 4 is 20.2 Å². The molecule has 2 nitrogen and oxygen atoms in total. The van der Waals surface area contributed by atoms with Gasteiger partial charge in [-0.15, -0.1) is 0 Å². The van der Waals surface area contributed by atoms with Gasteiger partial charge in [-0.2, -0.15) is 0 Å². The molecule has 1 rings (SSSR count). The first-order chi connectivity index (χ1) is 8.83. The van der Waals surface area contributed by atoms with Gasteiger partial charge in [0.15, 0.2) is 0 Å². The molecule has 0 saturated heterocycles. The topological polar surface area (TPSA) is 26.3 Å². The van der Waals surface area contributed by atoms with Crippen LogP contribution in [0.15, 0.2) is 30.3 Å². The van der Waals surface area contributed by atoms with E-state index in [1.807, 2.05) is 30.3 Å². The third kappa shape index (κ3) is 7.98. The number of rotatable bonds is 10. The summed E-state index contributed by atoms with van der Waals surface area (Å²) in [5.74, 6) is 0. The van der Waals surface area contributed by atoms with Gasteiger partial charge in [0.2, 0.25) is 0 Å². The Morgan fingerprint density at radius 2 is 1.67 bits per heavy atom. The van der Waals surface area contributed by atoms with Crippen LogP contribution in [0.2, 0.25) is 4.44 Å². The van der Waals surface area contributed by atoms with E-state index in [1.165, 1.54) is 32.1 Å². The average molecular weight is 355 g/mol. The van der Waals surface area contributed by atoms with Crippen molar-refractivity contribution < 1.29 is 6.15 Å². The van der Waals surface area contributed by atoms with Crippen molar-refractivity contribution in [2.24, 2.45) is 0 Å². The SMILES string of the molecule is CCCCCCC[CH2][Sn](=[O])[O]Cc1ccccc1. The van der Waals surface area contributed by atoms with E-state index < -0.39 is 20.2 Å².